The summed E-state index contributed by atoms with van der Waals surface area (Å²) in [6.45, 7) is 12.1. The number of carbonyl (C=O) groups is 3. The number of hydrogen-bond donors (Lipinski definition) is 3. The van der Waals surface area contributed by atoms with Crippen LogP contribution < -0.4 is 15.4 Å². The van der Waals surface area contributed by atoms with E-state index in [9.17, 15) is 19.5 Å². The zero-order chi connectivity index (χ0) is 34.1. The summed E-state index contributed by atoms with van der Waals surface area (Å²) in [4.78, 5) is 49.5. The Morgan fingerprint density at radius 3 is 2.23 bits per heavy atom. The van der Waals surface area contributed by atoms with Crippen LogP contribution in [0.4, 0.5) is 0 Å². The first-order valence-corrected chi connectivity index (χ1v) is 16.7. The fourth-order valence-electron chi connectivity index (χ4n) is 4.73. The normalized spacial score (nSPS) is 12.7. The van der Waals surface area contributed by atoms with Gasteiger partial charge in [-0.25, -0.2) is 9.97 Å². The Bertz CT molecular complexity index is 1680. The van der Waals surface area contributed by atoms with E-state index in [4.69, 9.17) is 4.74 Å². The van der Waals surface area contributed by atoms with Crippen molar-refractivity contribution in [1.29, 1.82) is 0 Å². The number of hydrogen-bond acceptors (Lipinski definition) is 8. The number of aliphatic hydroxyl groups excluding tert-OH is 1. The number of rotatable bonds is 14. The molecular weight excluding hydrogens is 612 g/mol. The lowest BCUT2D eigenvalue weighted by atomic mass is 9.95. The Hall–Kier alpha value is -4.41. The fourth-order valence-corrected chi connectivity index (χ4v) is 5.70. The largest absolute Gasteiger partial charge is 0.493 e. The molecule has 0 fully saturated rings. The molecule has 3 N–H and O–H groups in total. The molecule has 0 saturated heterocycles. The zero-order valence-corrected chi connectivity index (χ0v) is 28.7. The first-order chi connectivity index (χ1) is 22.4. The van der Waals surface area contributed by atoms with Crippen LogP contribution in [-0.4, -0.2) is 58.5 Å². The van der Waals surface area contributed by atoms with Crippen molar-refractivity contribution in [2.24, 2.45) is 5.92 Å². The molecule has 248 valence electrons. The van der Waals surface area contributed by atoms with Gasteiger partial charge in [-0.15, -0.1) is 11.3 Å². The molecule has 2 amide bonds. The number of aliphatic hydroxyl groups is 1. The third-order valence-electron chi connectivity index (χ3n) is 7.72. The Balaban J connectivity index is 1.47. The van der Waals surface area contributed by atoms with Gasteiger partial charge >= 0.3 is 0 Å². The van der Waals surface area contributed by atoms with E-state index in [0.29, 0.717) is 17.3 Å². The van der Waals surface area contributed by atoms with Gasteiger partial charge in [-0.3, -0.25) is 14.4 Å². The third-order valence-corrected chi connectivity index (χ3v) is 9.23. The van der Waals surface area contributed by atoms with Crippen molar-refractivity contribution in [1.82, 2.24) is 20.6 Å². The summed E-state index contributed by atoms with van der Waals surface area (Å²) in [5.74, 6) is -0.284. The predicted molar refractivity (Wildman–Crippen MR) is 186 cm³/mol. The molecular formula is C37H44N4O5S. The van der Waals surface area contributed by atoms with Crippen molar-refractivity contribution >= 4 is 28.9 Å². The highest BCUT2D eigenvalue weighted by Crippen LogP contribution is 2.30. The van der Waals surface area contributed by atoms with Crippen LogP contribution in [0.15, 0.2) is 67.0 Å². The monoisotopic (exact) mass is 656 g/mol. The number of amides is 2. The maximum absolute atomic E-state index is 13.3. The number of aromatic nitrogens is 2. The quantitative estimate of drug-likeness (QED) is 0.154. The molecule has 0 aliphatic rings. The van der Waals surface area contributed by atoms with Gasteiger partial charge in [-0.05, 0) is 59.7 Å². The molecule has 10 heteroatoms. The molecule has 2 heterocycles. The molecule has 0 unspecified atom stereocenters. The number of Topliss-reactive ketones (excluding diaryl/α,β-unsaturated/α-hetero) is 1. The molecule has 4 aromatic rings. The first kappa shape index (κ1) is 35.4. The number of carbonyl (C=O) groups excluding carboxylic acids is 3. The maximum atomic E-state index is 13.3. The molecule has 9 nitrogen and oxygen atoms in total. The average Bonchev–Trinajstić information content (AvgIpc) is 3.58. The average molecular weight is 657 g/mol. The van der Waals surface area contributed by atoms with E-state index in [-0.39, 0.29) is 36.7 Å². The Morgan fingerprint density at radius 2 is 1.64 bits per heavy atom. The standard InChI is InChI=1S/C37H44N4O5S/c1-7-16-46-31-13-12-27(17-23(31)2)28-19-38-34(39-20-28)26-10-8-25(9-11-26)18-29(35(44)40-21-30(43)24(3)22-42)41-36(45)32-14-15-33(47-32)37(4,5)6/h8-15,17,19-20,24,29,42H,7,16,18,21-22H2,1-6H3,(H,40,44)(H,41,45)/t24-,29+/m1/s1. The van der Waals surface area contributed by atoms with Crippen LogP contribution in [0.25, 0.3) is 22.5 Å². The highest BCUT2D eigenvalue weighted by molar-refractivity contribution is 7.14. The Kier molecular flexibility index (Phi) is 12.0. The van der Waals surface area contributed by atoms with Gasteiger partial charge in [0.05, 0.1) is 24.6 Å². The van der Waals surface area contributed by atoms with E-state index in [2.05, 4.69) is 54.4 Å². The van der Waals surface area contributed by atoms with E-state index in [1.807, 2.05) is 49.4 Å². The molecule has 2 aromatic carbocycles. The number of benzene rings is 2. The summed E-state index contributed by atoms with van der Waals surface area (Å²) in [7, 11) is 0. The second kappa shape index (κ2) is 15.9. The number of aryl methyl sites for hydroxylation is 1. The third kappa shape index (κ3) is 9.56. The Morgan fingerprint density at radius 1 is 0.957 bits per heavy atom. The number of ether oxygens (including phenoxy) is 1. The lowest BCUT2D eigenvalue weighted by Gasteiger charge is -2.19. The minimum absolute atomic E-state index is 0.108. The fraction of sp³-hybridized carbons (Fsp3) is 0.378. The second-order valence-electron chi connectivity index (χ2n) is 12.7. The predicted octanol–water partition coefficient (Wildman–Crippen LogP) is 5.92. The molecule has 2 aromatic heterocycles. The molecule has 0 bridgehead atoms. The topological polar surface area (TPSA) is 131 Å². The molecule has 47 heavy (non-hydrogen) atoms. The maximum Gasteiger partial charge on any atom is 0.262 e. The van der Waals surface area contributed by atoms with E-state index in [1.165, 1.54) is 11.3 Å². The Labute approximate surface area is 280 Å². The van der Waals surface area contributed by atoms with E-state index in [0.717, 1.165) is 44.9 Å². The molecule has 2 atom stereocenters. The van der Waals surface area contributed by atoms with Gasteiger partial charge in [-0.1, -0.05) is 65.0 Å². The molecule has 0 spiro atoms. The summed E-state index contributed by atoms with van der Waals surface area (Å²) in [6, 6.07) is 16.3. The van der Waals surface area contributed by atoms with Gasteiger partial charge in [0.1, 0.15) is 11.8 Å². The SMILES string of the molecule is CCCOc1ccc(-c2cnc(-c3ccc(C[C@H](NC(=O)c4ccc(C(C)(C)C)s4)C(=O)NCC(=O)[C@H](C)CO)cc3)nc2)cc1C. The molecule has 0 aliphatic heterocycles. The van der Waals surface area contributed by atoms with Crippen molar-refractivity contribution in [3.8, 4) is 28.3 Å². The van der Waals surface area contributed by atoms with Gasteiger partial charge in [-0.2, -0.15) is 0 Å². The van der Waals surface area contributed by atoms with Gasteiger partial charge in [0, 0.05) is 40.7 Å². The number of ketones is 1. The van der Waals surface area contributed by atoms with Crippen LogP contribution in [0.3, 0.4) is 0 Å². The van der Waals surface area contributed by atoms with Crippen LogP contribution in [0.5, 0.6) is 5.75 Å². The minimum atomic E-state index is -0.927. The van der Waals surface area contributed by atoms with Crippen molar-refractivity contribution in [2.75, 3.05) is 19.8 Å². The van der Waals surface area contributed by atoms with Gasteiger partial charge in [0.2, 0.25) is 5.91 Å². The highest BCUT2D eigenvalue weighted by atomic mass is 32.1. The van der Waals surface area contributed by atoms with Crippen molar-refractivity contribution in [2.45, 2.75) is 65.8 Å². The van der Waals surface area contributed by atoms with Gasteiger partial charge in [0.25, 0.3) is 5.91 Å². The van der Waals surface area contributed by atoms with Crippen LogP contribution in [0, 0.1) is 12.8 Å². The number of thiophene rings is 1. The summed E-state index contributed by atoms with van der Waals surface area (Å²) >= 11 is 1.39. The summed E-state index contributed by atoms with van der Waals surface area (Å²) in [5, 5.41) is 14.8. The van der Waals surface area contributed by atoms with Crippen LogP contribution in [-0.2, 0) is 21.4 Å². The van der Waals surface area contributed by atoms with Crippen molar-refractivity contribution < 1.29 is 24.2 Å². The van der Waals surface area contributed by atoms with Gasteiger partial charge in [0.15, 0.2) is 11.6 Å². The number of nitrogens with zero attached hydrogens (tertiary/aromatic N) is 2. The van der Waals surface area contributed by atoms with Gasteiger partial charge < -0.3 is 20.5 Å². The second-order valence-corrected chi connectivity index (χ2v) is 13.8. The van der Waals surface area contributed by atoms with Crippen LogP contribution in [0.1, 0.15) is 66.7 Å². The van der Waals surface area contributed by atoms with Crippen LogP contribution in [0.2, 0.25) is 0 Å². The lowest BCUT2D eigenvalue weighted by molar-refractivity contribution is -0.128. The summed E-state index contributed by atoms with van der Waals surface area (Å²) < 4.78 is 5.79. The molecule has 0 aliphatic carbocycles. The van der Waals surface area contributed by atoms with Crippen molar-refractivity contribution in [3.63, 3.8) is 0 Å². The summed E-state index contributed by atoms with van der Waals surface area (Å²) in [6.07, 6.45) is 4.74. The van der Waals surface area contributed by atoms with E-state index < -0.39 is 17.9 Å². The summed E-state index contributed by atoms with van der Waals surface area (Å²) in [5.41, 5.74) is 4.46. The molecule has 4 rings (SSSR count). The number of nitrogens with one attached hydrogen (secondary N) is 2. The molecule has 0 radical (unpaired) electrons. The highest BCUT2D eigenvalue weighted by Gasteiger charge is 2.25. The smallest absolute Gasteiger partial charge is 0.262 e. The zero-order valence-electron chi connectivity index (χ0n) is 27.9. The molecule has 0 saturated carbocycles. The van der Waals surface area contributed by atoms with E-state index >= 15 is 0 Å². The van der Waals surface area contributed by atoms with Crippen molar-refractivity contribution in [3.05, 3.63) is 87.9 Å². The van der Waals surface area contributed by atoms with E-state index in [1.54, 1.807) is 25.4 Å². The first-order valence-electron chi connectivity index (χ1n) is 15.9. The van der Waals surface area contributed by atoms with Crippen LogP contribution >= 0.6 is 11.3 Å². The lowest BCUT2D eigenvalue weighted by Crippen LogP contribution is -2.49. The minimum Gasteiger partial charge on any atom is -0.493 e.